The number of rotatable bonds is 3. The second-order valence-corrected chi connectivity index (χ2v) is 4.01. The Hall–Kier alpha value is -2.21. The molecule has 1 heterocycles. The van der Waals surface area contributed by atoms with Gasteiger partial charge in [-0.15, -0.1) is 0 Å². The van der Waals surface area contributed by atoms with Crippen LogP contribution >= 0.6 is 0 Å². The van der Waals surface area contributed by atoms with Crippen LogP contribution in [-0.2, 0) is 6.54 Å². The lowest BCUT2D eigenvalue weighted by Crippen LogP contribution is -1.98. The van der Waals surface area contributed by atoms with Gasteiger partial charge in [0.25, 0.3) is 0 Å². The normalized spacial score (nSPS) is 9.94. The Labute approximate surface area is 101 Å². The second kappa shape index (κ2) is 4.75. The first-order valence-corrected chi connectivity index (χ1v) is 5.49. The zero-order valence-corrected chi connectivity index (χ0v) is 9.95. The highest BCUT2D eigenvalue weighted by Crippen LogP contribution is 2.16. The molecule has 0 saturated carbocycles. The minimum absolute atomic E-state index is 0.652. The van der Waals surface area contributed by atoms with Gasteiger partial charge in [0.1, 0.15) is 11.5 Å². The highest BCUT2D eigenvalue weighted by molar-refractivity contribution is 5.51. The quantitative estimate of drug-likeness (QED) is 0.872. The minimum Gasteiger partial charge on any atom is -0.465 e. The standard InChI is InChI=1S/C14H14N2O/c1-10-7-13(5-4-12(10)8-15)16-9-14-6-3-11(2)17-14/h3-7,16H,9H2,1-2H3. The largest absolute Gasteiger partial charge is 0.465 e. The molecule has 3 nitrogen and oxygen atoms in total. The third kappa shape index (κ3) is 2.67. The lowest BCUT2D eigenvalue weighted by molar-refractivity contribution is 0.490. The molecule has 2 rings (SSSR count). The maximum Gasteiger partial charge on any atom is 0.123 e. The highest BCUT2D eigenvalue weighted by Gasteiger charge is 2.01. The van der Waals surface area contributed by atoms with Gasteiger partial charge in [0, 0.05) is 5.69 Å². The third-order valence-corrected chi connectivity index (χ3v) is 2.61. The van der Waals surface area contributed by atoms with E-state index in [1.807, 2.05) is 44.2 Å². The zero-order valence-electron chi connectivity index (χ0n) is 9.95. The van der Waals surface area contributed by atoms with E-state index in [0.29, 0.717) is 12.1 Å². The van der Waals surface area contributed by atoms with E-state index in [1.165, 1.54) is 0 Å². The summed E-state index contributed by atoms with van der Waals surface area (Å²) in [7, 11) is 0. The first kappa shape index (κ1) is 11.3. The molecule has 0 amide bonds. The monoisotopic (exact) mass is 226 g/mol. The van der Waals surface area contributed by atoms with Crippen molar-refractivity contribution in [2.24, 2.45) is 0 Å². The van der Waals surface area contributed by atoms with E-state index in [2.05, 4.69) is 11.4 Å². The van der Waals surface area contributed by atoms with Gasteiger partial charge in [0.2, 0.25) is 0 Å². The van der Waals surface area contributed by atoms with Crippen LogP contribution in [0, 0.1) is 25.2 Å². The number of hydrogen-bond acceptors (Lipinski definition) is 3. The first-order valence-electron chi connectivity index (χ1n) is 5.49. The molecule has 3 heteroatoms. The van der Waals surface area contributed by atoms with Gasteiger partial charge in [0.15, 0.2) is 0 Å². The fraction of sp³-hybridized carbons (Fsp3) is 0.214. The fourth-order valence-corrected chi connectivity index (χ4v) is 1.67. The van der Waals surface area contributed by atoms with Gasteiger partial charge in [-0.2, -0.15) is 5.26 Å². The Balaban J connectivity index is 2.05. The number of aryl methyl sites for hydroxylation is 2. The van der Waals surface area contributed by atoms with Gasteiger partial charge in [-0.05, 0) is 49.7 Å². The van der Waals surface area contributed by atoms with Crippen LogP contribution in [-0.4, -0.2) is 0 Å². The van der Waals surface area contributed by atoms with E-state index in [9.17, 15) is 0 Å². The number of hydrogen-bond donors (Lipinski definition) is 1. The van der Waals surface area contributed by atoms with E-state index in [0.717, 1.165) is 22.8 Å². The van der Waals surface area contributed by atoms with Crippen molar-refractivity contribution in [2.45, 2.75) is 20.4 Å². The van der Waals surface area contributed by atoms with E-state index in [1.54, 1.807) is 0 Å². The fourth-order valence-electron chi connectivity index (χ4n) is 1.67. The van der Waals surface area contributed by atoms with Gasteiger partial charge in [0.05, 0.1) is 18.2 Å². The summed E-state index contributed by atoms with van der Waals surface area (Å²) in [5.74, 6) is 1.82. The summed E-state index contributed by atoms with van der Waals surface area (Å²) in [4.78, 5) is 0. The van der Waals surface area contributed by atoms with Crippen molar-refractivity contribution in [3.05, 3.63) is 53.0 Å². The number of benzene rings is 1. The zero-order chi connectivity index (χ0) is 12.3. The van der Waals surface area contributed by atoms with Crippen molar-refractivity contribution < 1.29 is 4.42 Å². The van der Waals surface area contributed by atoms with Crippen LogP contribution in [0.25, 0.3) is 0 Å². The highest BCUT2D eigenvalue weighted by atomic mass is 16.3. The van der Waals surface area contributed by atoms with Gasteiger partial charge >= 0.3 is 0 Å². The van der Waals surface area contributed by atoms with Crippen molar-refractivity contribution in [3.63, 3.8) is 0 Å². The minimum atomic E-state index is 0.652. The smallest absolute Gasteiger partial charge is 0.123 e. The number of furan rings is 1. The summed E-state index contributed by atoms with van der Waals surface area (Å²) in [6.45, 7) is 4.51. The van der Waals surface area contributed by atoms with E-state index in [-0.39, 0.29) is 0 Å². The van der Waals surface area contributed by atoms with Crippen molar-refractivity contribution in [1.82, 2.24) is 0 Å². The molecular formula is C14H14N2O. The van der Waals surface area contributed by atoms with Crippen LogP contribution in [0.5, 0.6) is 0 Å². The topological polar surface area (TPSA) is 49.0 Å². The molecule has 0 radical (unpaired) electrons. The Morgan fingerprint density at radius 2 is 2.06 bits per heavy atom. The predicted molar refractivity (Wildman–Crippen MR) is 66.7 cm³/mol. The molecule has 1 aromatic heterocycles. The number of anilines is 1. The number of nitrogens with zero attached hydrogens (tertiary/aromatic N) is 1. The number of nitrogens with one attached hydrogen (secondary N) is 1. The second-order valence-electron chi connectivity index (χ2n) is 4.01. The van der Waals surface area contributed by atoms with Crippen LogP contribution in [0.4, 0.5) is 5.69 Å². The Morgan fingerprint density at radius 1 is 1.24 bits per heavy atom. The Morgan fingerprint density at radius 3 is 2.65 bits per heavy atom. The van der Waals surface area contributed by atoms with Crippen molar-refractivity contribution >= 4 is 5.69 Å². The lowest BCUT2D eigenvalue weighted by Gasteiger charge is -2.06. The van der Waals surface area contributed by atoms with E-state index in [4.69, 9.17) is 9.68 Å². The number of nitriles is 1. The summed E-state index contributed by atoms with van der Waals surface area (Å²) >= 11 is 0. The molecule has 0 aliphatic carbocycles. The maximum absolute atomic E-state index is 8.83. The van der Waals surface area contributed by atoms with Crippen molar-refractivity contribution in [2.75, 3.05) is 5.32 Å². The molecule has 2 aromatic rings. The van der Waals surface area contributed by atoms with Gasteiger partial charge in [-0.1, -0.05) is 0 Å². The van der Waals surface area contributed by atoms with E-state index >= 15 is 0 Å². The molecule has 0 bridgehead atoms. The molecule has 86 valence electrons. The average molecular weight is 226 g/mol. The van der Waals surface area contributed by atoms with Gasteiger partial charge in [-0.25, -0.2) is 0 Å². The summed E-state index contributed by atoms with van der Waals surface area (Å²) in [6.07, 6.45) is 0. The van der Waals surface area contributed by atoms with Crippen LogP contribution in [0.1, 0.15) is 22.6 Å². The van der Waals surface area contributed by atoms with Gasteiger partial charge in [-0.3, -0.25) is 0 Å². The first-order chi connectivity index (χ1) is 8.19. The Bertz CT molecular complexity index is 564. The van der Waals surface area contributed by atoms with Crippen LogP contribution in [0.2, 0.25) is 0 Å². The summed E-state index contributed by atoms with van der Waals surface area (Å²) in [5, 5.41) is 12.1. The molecular weight excluding hydrogens is 212 g/mol. The van der Waals surface area contributed by atoms with E-state index < -0.39 is 0 Å². The summed E-state index contributed by atoms with van der Waals surface area (Å²) in [6, 6.07) is 11.8. The van der Waals surface area contributed by atoms with Crippen molar-refractivity contribution in [1.29, 1.82) is 5.26 Å². The predicted octanol–water partition coefficient (Wildman–Crippen LogP) is 3.38. The van der Waals surface area contributed by atoms with Crippen LogP contribution in [0.15, 0.2) is 34.7 Å². The summed E-state index contributed by atoms with van der Waals surface area (Å²) in [5.41, 5.74) is 2.69. The Kier molecular flexibility index (Phi) is 3.15. The van der Waals surface area contributed by atoms with Crippen LogP contribution < -0.4 is 5.32 Å². The molecule has 0 fully saturated rings. The third-order valence-electron chi connectivity index (χ3n) is 2.61. The van der Waals surface area contributed by atoms with Crippen LogP contribution in [0.3, 0.4) is 0 Å². The maximum atomic E-state index is 8.83. The lowest BCUT2D eigenvalue weighted by atomic mass is 10.1. The summed E-state index contributed by atoms with van der Waals surface area (Å²) < 4.78 is 5.47. The SMILES string of the molecule is Cc1ccc(CNc2ccc(C#N)c(C)c2)o1. The molecule has 0 atom stereocenters. The molecule has 0 aliphatic heterocycles. The molecule has 1 N–H and O–H groups in total. The molecule has 0 saturated heterocycles. The average Bonchev–Trinajstić information content (AvgIpc) is 2.73. The molecule has 1 aromatic carbocycles. The van der Waals surface area contributed by atoms with Crippen molar-refractivity contribution in [3.8, 4) is 6.07 Å². The van der Waals surface area contributed by atoms with Gasteiger partial charge < -0.3 is 9.73 Å². The molecule has 0 spiro atoms. The molecule has 0 unspecified atom stereocenters. The molecule has 17 heavy (non-hydrogen) atoms. The molecule has 0 aliphatic rings.